The highest BCUT2D eigenvalue weighted by Gasteiger charge is 2.13. The lowest BCUT2D eigenvalue weighted by molar-refractivity contribution is -0.112. The summed E-state index contributed by atoms with van der Waals surface area (Å²) in [5.41, 5.74) is 2.49. The maximum atomic E-state index is 12.5. The Morgan fingerprint density at radius 2 is 1.74 bits per heavy atom. The van der Waals surface area contributed by atoms with E-state index < -0.39 is 5.91 Å². The summed E-state index contributed by atoms with van der Waals surface area (Å²) >= 11 is 10.1. The van der Waals surface area contributed by atoms with Crippen molar-refractivity contribution in [1.82, 2.24) is 0 Å². The Kier molecular flexibility index (Phi) is 9.18. The van der Waals surface area contributed by atoms with Gasteiger partial charge in [-0.05, 0) is 127 Å². The van der Waals surface area contributed by atoms with Gasteiger partial charge in [0, 0.05) is 13.7 Å². The molecule has 3 rings (SSSR count). The molecule has 0 spiro atoms. The van der Waals surface area contributed by atoms with Gasteiger partial charge >= 0.3 is 0 Å². The Hall–Kier alpha value is -1.17. The van der Waals surface area contributed by atoms with Crippen molar-refractivity contribution in [2.75, 3.05) is 5.32 Å². The highest BCUT2D eigenvalue weighted by Crippen LogP contribution is 2.30. The molecule has 0 unspecified atom stereocenters. The molecule has 0 saturated carbocycles. The summed E-state index contributed by atoms with van der Waals surface area (Å²) in [4.78, 5) is 12.5. The summed E-state index contributed by atoms with van der Waals surface area (Å²) in [5, 5.41) is 12.2. The number of nitrogens with zero attached hydrogens (tertiary/aromatic N) is 1. The lowest BCUT2D eigenvalue weighted by Crippen LogP contribution is -2.13. The molecule has 0 heterocycles. The van der Waals surface area contributed by atoms with Crippen molar-refractivity contribution in [3.05, 3.63) is 92.5 Å². The maximum Gasteiger partial charge on any atom is 0.266 e. The zero-order chi connectivity index (χ0) is 22.4. The predicted molar refractivity (Wildman–Crippen MR) is 152 cm³/mol. The summed E-state index contributed by atoms with van der Waals surface area (Å²) in [6, 6.07) is 21.2. The number of amides is 1. The van der Waals surface area contributed by atoms with Crippen LogP contribution in [0.2, 0.25) is 0 Å². The number of carbonyl (C=O) groups is 1. The van der Waals surface area contributed by atoms with E-state index in [2.05, 4.69) is 89.0 Å². The standard InChI is InChI=1S/C23H14BrI3N2O2/c24-17-2-1-3-19(11-17)29-23(30)16(12-28)8-15-9-20(26)22(21(27)10-15)31-13-14-4-6-18(25)7-5-14/h1-11H,13H2,(H,29,30)/b16-8-. The van der Waals surface area contributed by atoms with E-state index in [-0.39, 0.29) is 5.57 Å². The molecule has 3 aromatic rings. The fraction of sp³-hybridized carbons (Fsp3) is 0.0435. The maximum absolute atomic E-state index is 12.5. The van der Waals surface area contributed by atoms with Crippen molar-refractivity contribution < 1.29 is 9.53 Å². The molecule has 3 aromatic carbocycles. The van der Waals surface area contributed by atoms with E-state index in [0.717, 1.165) is 28.5 Å². The number of nitriles is 1. The number of halogens is 4. The fourth-order valence-corrected chi connectivity index (χ4v) is 5.50. The average molecular weight is 811 g/mol. The molecule has 1 N–H and O–H groups in total. The topological polar surface area (TPSA) is 62.1 Å². The first-order chi connectivity index (χ1) is 14.9. The van der Waals surface area contributed by atoms with Gasteiger partial charge in [-0.1, -0.05) is 34.1 Å². The van der Waals surface area contributed by atoms with Crippen LogP contribution >= 0.6 is 83.7 Å². The summed E-state index contributed by atoms with van der Waals surface area (Å²) in [6.07, 6.45) is 1.58. The Morgan fingerprint density at radius 1 is 1.06 bits per heavy atom. The van der Waals surface area contributed by atoms with Gasteiger partial charge in [-0.3, -0.25) is 4.79 Å². The number of ether oxygens (including phenoxy) is 1. The van der Waals surface area contributed by atoms with Gasteiger partial charge in [0.2, 0.25) is 0 Å². The van der Waals surface area contributed by atoms with E-state index in [4.69, 9.17) is 4.74 Å². The SMILES string of the molecule is N#C/C(=C/c1cc(I)c(OCc2ccc(I)cc2)c(I)c1)C(=O)Nc1cccc(Br)c1. The first kappa shape index (κ1) is 24.5. The van der Waals surface area contributed by atoms with Crippen LogP contribution in [0.3, 0.4) is 0 Å². The van der Waals surface area contributed by atoms with E-state index in [1.807, 2.05) is 54.6 Å². The van der Waals surface area contributed by atoms with Crippen molar-refractivity contribution in [2.24, 2.45) is 0 Å². The third-order valence-electron chi connectivity index (χ3n) is 4.08. The number of hydrogen-bond acceptors (Lipinski definition) is 3. The van der Waals surface area contributed by atoms with Crippen LogP contribution in [-0.4, -0.2) is 5.91 Å². The van der Waals surface area contributed by atoms with Crippen molar-refractivity contribution in [3.63, 3.8) is 0 Å². The van der Waals surface area contributed by atoms with Gasteiger partial charge in [0.15, 0.2) is 0 Å². The number of hydrogen-bond donors (Lipinski definition) is 1. The Morgan fingerprint density at radius 3 is 2.35 bits per heavy atom. The molecule has 4 nitrogen and oxygen atoms in total. The average Bonchev–Trinajstić information content (AvgIpc) is 2.72. The first-order valence-corrected chi connectivity index (χ1v) is 12.9. The van der Waals surface area contributed by atoms with Gasteiger partial charge in [0.25, 0.3) is 5.91 Å². The van der Waals surface area contributed by atoms with Gasteiger partial charge in [0.05, 0.1) is 7.14 Å². The molecular weight excluding hydrogens is 797 g/mol. The van der Waals surface area contributed by atoms with Crippen LogP contribution in [0.4, 0.5) is 5.69 Å². The highest BCUT2D eigenvalue weighted by molar-refractivity contribution is 14.1. The van der Waals surface area contributed by atoms with Gasteiger partial charge in [0.1, 0.15) is 24.0 Å². The van der Waals surface area contributed by atoms with E-state index in [1.165, 1.54) is 3.57 Å². The summed E-state index contributed by atoms with van der Waals surface area (Å²) in [6.45, 7) is 0.469. The normalized spacial score (nSPS) is 11.0. The van der Waals surface area contributed by atoms with Gasteiger partial charge < -0.3 is 10.1 Å². The fourth-order valence-electron chi connectivity index (χ4n) is 2.62. The van der Waals surface area contributed by atoms with E-state index >= 15 is 0 Å². The van der Waals surface area contributed by atoms with Crippen molar-refractivity contribution in [1.29, 1.82) is 5.26 Å². The Labute approximate surface area is 230 Å². The predicted octanol–water partition coefficient (Wildman–Crippen LogP) is 7.39. The summed E-state index contributed by atoms with van der Waals surface area (Å²) < 4.78 is 9.87. The van der Waals surface area contributed by atoms with Crippen LogP contribution in [-0.2, 0) is 11.4 Å². The van der Waals surface area contributed by atoms with Crippen molar-refractivity contribution in [2.45, 2.75) is 6.61 Å². The highest BCUT2D eigenvalue weighted by atomic mass is 127. The van der Waals surface area contributed by atoms with Gasteiger partial charge in [-0.15, -0.1) is 0 Å². The third kappa shape index (κ3) is 7.16. The number of anilines is 1. The molecule has 0 saturated heterocycles. The van der Waals surface area contributed by atoms with E-state index in [9.17, 15) is 10.1 Å². The Balaban J connectivity index is 1.76. The second-order valence-electron chi connectivity index (χ2n) is 6.36. The van der Waals surface area contributed by atoms with Crippen molar-refractivity contribution >= 4 is 101 Å². The lowest BCUT2D eigenvalue weighted by atomic mass is 10.1. The van der Waals surface area contributed by atoms with Crippen LogP contribution in [0.5, 0.6) is 5.75 Å². The molecule has 0 fully saturated rings. The molecule has 0 aromatic heterocycles. The largest absolute Gasteiger partial charge is 0.487 e. The van der Waals surface area contributed by atoms with Crippen LogP contribution in [0.25, 0.3) is 6.08 Å². The molecular formula is C23H14BrI3N2O2. The van der Waals surface area contributed by atoms with Gasteiger partial charge in [-0.2, -0.15) is 5.26 Å². The molecule has 0 aliphatic carbocycles. The smallest absolute Gasteiger partial charge is 0.266 e. The van der Waals surface area contributed by atoms with Gasteiger partial charge in [-0.25, -0.2) is 0 Å². The third-order valence-corrected chi connectivity index (χ3v) is 6.89. The zero-order valence-electron chi connectivity index (χ0n) is 15.8. The van der Waals surface area contributed by atoms with E-state index in [1.54, 1.807) is 18.2 Å². The number of nitrogens with one attached hydrogen (secondary N) is 1. The zero-order valence-corrected chi connectivity index (χ0v) is 23.9. The summed E-state index contributed by atoms with van der Waals surface area (Å²) in [5.74, 6) is 0.332. The molecule has 0 radical (unpaired) electrons. The summed E-state index contributed by atoms with van der Waals surface area (Å²) in [7, 11) is 0. The molecule has 0 atom stereocenters. The van der Waals surface area contributed by atoms with Crippen LogP contribution in [0.15, 0.2) is 70.7 Å². The minimum absolute atomic E-state index is 0.0270. The van der Waals surface area contributed by atoms with E-state index in [0.29, 0.717) is 12.3 Å². The van der Waals surface area contributed by atoms with Crippen LogP contribution in [0, 0.1) is 22.0 Å². The molecule has 0 aliphatic rings. The number of carbonyl (C=O) groups excluding carboxylic acids is 1. The second-order valence-corrected chi connectivity index (χ2v) is 10.8. The Bertz CT molecular complexity index is 1170. The molecule has 0 bridgehead atoms. The second kappa shape index (κ2) is 11.6. The lowest BCUT2D eigenvalue weighted by Gasteiger charge is -2.12. The molecule has 31 heavy (non-hydrogen) atoms. The number of rotatable bonds is 6. The first-order valence-electron chi connectivity index (χ1n) is 8.90. The molecule has 1 amide bonds. The van der Waals surface area contributed by atoms with Crippen LogP contribution < -0.4 is 10.1 Å². The number of benzene rings is 3. The van der Waals surface area contributed by atoms with Crippen LogP contribution in [0.1, 0.15) is 11.1 Å². The van der Waals surface area contributed by atoms with Crippen molar-refractivity contribution in [3.8, 4) is 11.8 Å². The molecule has 156 valence electrons. The quantitative estimate of drug-likeness (QED) is 0.161. The molecule has 8 heteroatoms. The minimum atomic E-state index is -0.454. The monoisotopic (exact) mass is 810 g/mol. The minimum Gasteiger partial charge on any atom is -0.487 e. The molecule has 0 aliphatic heterocycles.